The Labute approximate surface area is 78.4 Å². The number of fused-ring (bicyclic) bond motifs is 1. The highest BCUT2D eigenvalue weighted by Crippen LogP contribution is 2.21. The van der Waals surface area contributed by atoms with Gasteiger partial charge in [-0.25, -0.2) is 0 Å². The lowest BCUT2D eigenvalue weighted by atomic mass is 10.1. The van der Waals surface area contributed by atoms with Crippen molar-refractivity contribution in [2.45, 2.75) is 10.9 Å². The van der Waals surface area contributed by atoms with Crippen LogP contribution in [-0.2, 0) is 0 Å². The van der Waals surface area contributed by atoms with Crippen LogP contribution in [0, 0.1) is 0 Å². The lowest BCUT2D eigenvalue weighted by molar-refractivity contribution is 0.217. The van der Waals surface area contributed by atoms with E-state index in [1.807, 2.05) is 18.2 Å². The lowest BCUT2D eigenvalue weighted by Gasteiger charge is -2.16. The molecule has 12 heavy (non-hydrogen) atoms. The zero-order valence-corrected chi connectivity index (χ0v) is 7.95. The highest BCUT2D eigenvalue weighted by atomic mass is 79.9. The molecule has 0 spiro atoms. The zero-order valence-electron chi connectivity index (χ0n) is 6.37. The van der Waals surface area contributed by atoms with Crippen LogP contribution in [0.3, 0.4) is 0 Å². The summed E-state index contributed by atoms with van der Waals surface area (Å²) in [5.41, 5.74) is 0. The maximum atomic E-state index is 9.61. The third-order valence-electron chi connectivity index (χ3n) is 1.84. The summed E-state index contributed by atoms with van der Waals surface area (Å²) in [5.74, 6) is 0. The molecule has 1 unspecified atom stereocenters. The molecule has 1 aromatic heterocycles. The molecule has 1 aliphatic rings. The van der Waals surface area contributed by atoms with Gasteiger partial charge in [-0.1, -0.05) is 12.1 Å². The quantitative estimate of drug-likeness (QED) is 0.638. The van der Waals surface area contributed by atoms with Gasteiger partial charge in [-0.15, -0.1) is 0 Å². The van der Waals surface area contributed by atoms with Crippen LogP contribution in [0.5, 0.6) is 0 Å². The van der Waals surface area contributed by atoms with Crippen LogP contribution in [0.2, 0.25) is 0 Å². The maximum Gasteiger partial charge on any atom is 0.143 e. The van der Waals surface area contributed by atoms with Gasteiger partial charge in [0.15, 0.2) is 0 Å². The highest BCUT2D eigenvalue weighted by Gasteiger charge is 2.19. The van der Waals surface area contributed by atoms with Gasteiger partial charge >= 0.3 is 0 Å². The number of rotatable bonds is 0. The number of alkyl halides is 1. The van der Waals surface area contributed by atoms with E-state index >= 15 is 0 Å². The summed E-state index contributed by atoms with van der Waals surface area (Å²) < 4.78 is -0.908. The fraction of sp³-hybridized carbons (Fsp3) is 0.222. The molecule has 1 aromatic rings. The SMILES string of the molecule is OC1(Br)C=c2ncccc2=CC1. The van der Waals surface area contributed by atoms with Crippen molar-refractivity contribution in [2.24, 2.45) is 0 Å². The smallest absolute Gasteiger partial charge is 0.143 e. The van der Waals surface area contributed by atoms with Crippen molar-refractivity contribution in [3.05, 3.63) is 28.9 Å². The number of hydrogen-bond acceptors (Lipinski definition) is 2. The molecule has 1 atom stereocenters. The first-order chi connectivity index (χ1) is 5.67. The predicted molar refractivity (Wildman–Crippen MR) is 50.9 cm³/mol. The van der Waals surface area contributed by atoms with Gasteiger partial charge in [0.25, 0.3) is 0 Å². The first-order valence-electron chi connectivity index (χ1n) is 3.73. The van der Waals surface area contributed by atoms with Crippen molar-refractivity contribution in [1.82, 2.24) is 4.98 Å². The monoisotopic (exact) mass is 225 g/mol. The molecule has 1 heterocycles. The summed E-state index contributed by atoms with van der Waals surface area (Å²) in [6.07, 6.45) is 6.00. The molecule has 3 heteroatoms. The molecule has 1 N–H and O–H groups in total. The number of hydrogen-bond donors (Lipinski definition) is 1. The second-order valence-electron chi connectivity index (χ2n) is 2.85. The van der Waals surface area contributed by atoms with E-state index < -0.39 is 4.51 Å². The summed E-state index contributed by atoms with van der Waals surface area (Å²) >= 11 is 3.19. The Morgan fingerprint density at radius 1 is 1.58 bits per heavy atom. The molecule has 0 bridgehead atoms. The topological polar surface area (TPSA) is 33.1 Å². The minimum atomic E-state index is -0.908. The Morgan fingerprint density at radius 3 is 3.25 bits per heavy atom. The average molecular weight is 226 g/mol. The van der Waals surface area contributed by atoms with Crippen molar-refractivity contribution in [1.29, 1.82) is 0 Å². The van der Waals surface area contributed by atoms with E-state index in [9.17, 15) is 5.11 Å². The predicted octanol–water partition coefficient (Wildman–Crippen LogP) is 0.130. The summed E-state index contributed by atoms with van der Waals surface area (Å²) in [4.78, 5) is 4.14. The molecular formula is C9H8BrNO. The Hall–Kier alpha value is -0.670. The highest BCUT2D eigenvalue weighted by molar-refractivity contribution is 9.10. The molecule has 2 rings (SSSR count). The summed E-state index contributed by atoms with van der Waals surface area (Å²) in [5, 5.41) is 11.5. The van der Waals surface area contributed by atoms with Gasteiger partial charge < -0.3 is 5.11 Å². The van der Waals surface area contributed by atoms with E-state index in [-0.39, 0.29) is 0 Å². The third kappa shape index (κ3) is 1.42. The minimum Gasteiger partial charge on any atom is -0.375 e. The molecule has 0 saturated carbocycles. The van der Waals surface area contributed by atoms with Crippen molar-refractivity contribution in [3.8, 4) is 0 Å². The molecule has 2 nitrogen and oxygen atoms in total. The molecule has 0 saturated heterocycles. The number of pyridine rings is 1. The molecule has 0 aliphatic heterocycles. The van der Waals surface area contributed by atoms with Gasteiger partial charge in [-0.05, 0) is 33.3 Å². The molecule has 0 aromatic carbocycles. The zero-order chi connectivity index (χ0) is 8.60. The van der Waals surface area contributed by atoms with Gasteiger partial charge in [0.2, 0.25) is 0 Å². The molecule has 0 fully saturated rings. The van der Waals surface area contributed by atoms with Crippen LogP contribution in [0.1, 0.15) is 6.42 Å². The fourth-order valence-corrected chi connectivity index (χ4v) is 1.62. The lowest BCUT2D eigenvalue weighted by Crippen LogP contribution is -2.36. The second kappa shape index (κ2) is 2.68. The van der Waals surface area contributed by atoms with Gasteiger partial charge in [-0.2, -0.15) is 0 Å². The van der Waals surface area contributed by atoms with E-state index in [0.29, 0.717) is 6.42 Å². The third-order valence-corrected chi connectivity index (χ3v) is 2.39. The number of halogens is 1. The van der Waals surface area contributed by atoms with Crippen LogP contribution in [0.4, 0.5) is 0 Å². The Kier molecular flexibility index (Phi) is 1.77. The Bertz CT molecular complexity index is 411. The fourth-order valence-electron chi connectivity index (χ4n) is 1.24. The van der Waals surface area contributed by atoms with E-state index in [1.54, 1.807) is 12.3 Å². The average Bonchev–Trinajstić information content (AvgIpc) is 2.02. The molecule has 0 amide bonds. The van der Waals surface area contributed by atoms with Crippen molar-refractivity contribution >= 4 is 28.1 Å². The molecule has 62 valence electrons. The van der Waals surface area contributed by atoms with Gasteiger partial charge in [0, 0.05) is 12.6 Å². The molecular weight excluding hydrogens is 218 g/mol. The van der Waals surface area contributed by atoms with Crippen LogP contribution >= 0.6 is 15.9 Å². The van der Waals surface area contributed by atoms with Crippen LogP contribution in [0.15, 0.2) is 18.3 Å². The molecule has 1 aliphatic carbocycles. The van der Waals surface area contributed by atoms with Crippen LogP contribution in [0.25, 0.3) is 12.2 Å². The van der Waals surface area contributed by atoms with Crippen LogP contribution in [-0.4, -0.2) is 14.6 Å². The van der Waals surface area contributed by atoms with Crippen molar-refractivity contribution in [3.63, 3.8) is 0 Å². The van der Waals surface area contributed by atoms with Gasteiger partial charge in [-0.3, -0.25) is 4.98 Å². The standard InChI is InChI=1S/C9H8BrNO/c10-9(12)4-3-7-2-1-5-11-8(7)6-9/h1-3,5-6,12H,4H2. The van der Waals surface area contributed by atoms with Crippen LogP contribution < -0.4 is 10.6 Å². The largest absolute Gasteiger partial charge is 0.375 e. The first-order valence-corrected chi connectivity index (χ1v) is 4.52. The van der Waals surface area contributed by atoms with E-state index in [4.69, 9.17) is 0 Å². The van der Waals surface area contributed by atoms with Crippen molar-refractivity contribution in [2.75, 3.05) is 0 Å². The minimum absolute atomic E-state index is 0.589. The summed E-state index contributed by atoms with van der Waals surface area (Å²) in [7, 11) is 0. The number of aromatic nitrogens is 1. The Balaban J connectivity index is 2.72. The van der Waals surface area contributed by atoms with E-state index in [1.165, 1.54) is 0 Å². The summed E-state index contributed by atoms with van der Waals surface area (Å²) in [6.45, 7) is 0. The number of aliphatic hydroxyl groups is 1. The van der Waals surface area contributed by atoms with Crippen molar-refractivity contribution < 1.29 is 5.11 Å². The van der Waals surface area contributed by atoms with Gasteiger partial charge in [0.05, 0.1) is 5.35 Å². The Morgan fingerprint density at radius 2 is 2.42 bits per heavy atom. The number of nitrogens with zero attached hydrogens (tertiary/aromatic N) is 1. The molecule has 0 radical (unpaired) electrons. The maximum absolute atomic E-state index is 9.61. The van der Waals surface area contributed by atoms with E-state index in [0.717, 1.165) is 10.6 Å². The van der Waals surface area contributed by atoms with E-state index in [2.05, 4.69) is 20.9 Å². The summed E-state index contributed by atoms with van der Waals surface area (Å²) in [6, 6.07) is 3.88. The first kappa shape index (κ1) is 7.95. The normalized spacial score (nSPS) is 26.8. The van der Waals surface area contributed by atoms with Gasteiger partial charge in [0.1, 0.15) is 4.51 Å². The second-order valence-corrected chi connectivity index (χ2v) is 4.22.